The Morgan fingerprint density at radius 2 is 1.70 bits per heavy atom. The van der Waals surface area contributed by atoms with Crippen molar-refractivity contribution in [1.82, 2.24) is 5.32 Å². The predicted molar refractivity (Wildman–Crippen MR) is 120 cm³/mol. The van der Waals surface area contributed by atoms with Gasteiger partial charge < -0.3 is 14.8 Å². The van der Waals surface area contributed by atoms with Crippen LogP contribution in [0.1, 0.15) is 28.8 Å². The van der Waals surface area contributed by atoms with Gasteiger partial charge in [0.05, 0.1) is 27.8 Å². The molecule has 2 aromatic carbocycles. The van der Waals surface area contributed by atoms with Crippen LogP contribution in [-0.4, -0.2) is 25.7 Å². The van der Waals surface area contributed by atoms with E-state index in [1.807, 2.05) is 0 Å². The number of halogens is 8. The lowest BCUT2D eigenvalue weighted by Gasteiger charge is -2.12. The summed E-state index contributed by atoms with van der Waals surface area (Å²) in [6.07, 6.45) is -2.30. The molecule has 0 aliphatic heterocycles. The quantitative estimate of drug-likeness (QED) is 0.248. The van der Waals surface area contributed by atoms with Crippen LogP contribution < -0.4 is 14.8 Å². The minimum Gasteiger partial charge on any atom is -0.490 e. The van der Waals surface area contributed by atoms with E-state index in [1.165, 1.54) is 18.2 Å². The minimum atomic E-state index is -4.69. The Morgan fingerprint density at radius 1 is 1.03 bits per heavy atom. The Labute approximate surface area is 207 Å². The van der Waals surface area contributed by atoms with Crippen molar-refractivity contribution in [1.29, 1.82) is 0 Å². The van der Waals surface area contributed by atoms with Gasteiger partial charge in [-0.2, -0.15) is 13.2 Å². The number of unbranched alkanes of at least 4 members (excludes halogenated alkanes) is 1. The maximum Gasteiger partial charge on any atom is 0.416 e. The molecule has 12 heteroatoms. The largest absolute Gasteiger partial charge is 0.490 e. The minimum absolute atomic E-state index is 0.0628. The first-order valence-corrected chi connectivity index (χ1v) is 10.9. The molecule has 0 atom stereocenters. The molecule has 180 valence electrons. The van der Waals surface area contributed by atoms with E-state index in [2.05, 4.69) is 5.32 Å². The Balaban J connectivity index is 1.77. The van der Waals surface area contributed by atoms with Crippen LogP contribution in [0.4, 0.5) is 17.6 Å². The zero-order chi connectivity index (χ0) is 24.6. The Bertz CT molecular complexity index is 988. The van der Waals surface area contributed by atoms with Crippen molar-refractivity contribution >= 4 is 52.3 Å². The fourth-order valence-electron chi connectivity index (χ4n) is 2.53. The normalized spacial score (nSPS) is 11.2. The number of hydrogen-bond donors (Lipinski definition) is 1. The summed E-state index contributed by atoms with van der Waals surface area (Å²) in [5.74, 6) is -1.41. The molecule has 0 aliphatic carbocycles. The lowest BCUT2D eigenvalue weighted by Crippen LogP contribution is -2.26. The highest BCUT2D eigenvalue weighted by Crippen LogP contribution is 2.37. The highest BCUT2D eigenvalue weighted by atomic mass is 35.5. The molecule has 0 saturated heterocycles. The zero-order valence-corrected chi connectivity index (χ0v) is 19.8. The summed E-state index contributed by atoms with van der Waals surface area (Å²) < 4.78 is 62.6. The number of alkyl halides is 3. The lowest BCUT2D eigenvalue weighted by molar-refractivity contribution is -0.137. The monoisotopic (exact) mass is 547 g/mol. The molecule has 2 rings (SSSR count). The molecule has 0 heterocycles. The molecule has 0 fully saturated rings. The van der Waals surface area contributed by atoms with E-state index >= 15 is 0 Å². The van der Waals surface area contributed by atoms with E-state index in [0.29, 0.717) is 24.7 Å². The van der Waals surface area contributed by atoms with E-state index < -0.39 is 29.0 Å². The molecular formula is C21H17Cl4F4NO3. The summed E-state index contributed by atoms with van der Waals surface area (Å²) in [6.45, 7) is 0.500. The first-order valence-electron chi connectivity index (χ1n) is 9.39. The maximum absolute atomic E-state index is 13.8. The van der Waals surface area contributed by atoms with Crippen molar-refractivity contribution in [3.05, 3.63) is 67.9 Å². The Morgan fingerprint density at radius 3 is 2.27 bits per heavy atom. The standard InChI is InChI=1S/C21H17Cl4F4NO3/c22-15-10-13(32-8-5-18(24)25)11-16(23)19(15)33-7-2-1-6-30-20(31)14-4-3-12(9-17(14)26)21(27,28)29/h3-5,9-11H,1-2,6-8H2,(H,30,31). The molecular weight excluding hydrogens is 532 g/mol. The molecule has 0 aliphatic rings. The number of benzene rings is 2. The molecule has 0 saturated carbocycles. The van der Waals surface area contributed by atoms with Crippen LogP contribution in [0.5, 0.6) is 11.5 Å². The molecule has 1 N–H and O–H groups in total. The first-order chi connectivity index (χ1) is 15.5. The number of carbonyl (C=O) groups excluding carboxylic acids is 1. The summed E-state index contributed by atoms with van der Waals surface area (Å²) in [7, 11) is 0. The van der Waals surface area contributed by atoms with Crippen LogP contribution in [0, 0.1) is 5.82 Å². The average molecular weight is 549 g/mol. The van der Waals surface area contributed by atoms with Gasteiger partial charge in [0.25, 0.3) is 5.91 Å². The molecule has 0 aromatic heterocycles. The van der Waals surface area contributed by atoms with Gasteiger partial charge in [-0.25, -0.2) is 4.39 Å². The fraction of sp³-hybridized carbons (Fsp3) is 0.286. The van der Waals surface area contributed by atoms with E-state index in [9.17, 15) is 22.4 Å². The second-order valence-corrected chi connectivity index (χ2v) is 8.35. The third-order valence-electron chi connectivity index (χ3n) is 4.10. The molecule has 1 amide bonds. The summed E-state index contributed by atoms with van der Waals surface area (Å²) in [6, 6.07) is 4.76. The SMILES string of the molecule is O=C(NCCCCOc1c(Cl)cc(OCC=C(Cl)Cl)cc1Cl)c1ccc(C(F)(F)F)cc1F. The topological polar surface area (TPSA) is 47.6 Å². The average Bonchev–Trinajstić information content (AvgIpc) is 2.71. The molecule has 33 heavy (non-hydrogen) atoms. The van der Waals surface area contributed by atoms with E-state index in [0.717, 1.165) is 6.07 Å². The van der Waals surface area contributed by atoms with Crippen molar-refractivity contribution in [3.8, 4) is 11.5 Å². The smallest absolute Gasteiger partial charge is 0.416 e. The van der Waals surface area contributed by atoms with E-state index in [-0.39, 0.29) is 46.1 Å². The van der Waals surface area contributed by atoms with Crippen molar-refractivity contribution in [2.45, 2.75) is 19.0 Å². The van der Waals surface area contributed by atoms with Crippen molar-refractivity contribution < 1.29 is 31.8 Å². The van der Waals surface area contributed by atoms with Gasteiger partial charge in [0.2, 0.25) is 0 Å². The molecule has 0 unspecified atom stereocenters. The predicted octanol–water partition coefficient (Wildman–Crippen LogP) is 7.44. The van der Waals surface area contributed by atoms with Gasteiger partial charge >= 0.3 is 6.18 Å². The molecule has 0 spiro atoms. The van der Waals surface area contributed by atoms with Crippen molar-refractivity contribution in [3.63, 3.8) is 0 Å². The summed E-state index contributed by atoms with van der Waals surface area (Å²) in [4.78, 5) is 12.0. The van der Waals surface area contributed by atoms with Crippen molar-refractivity contribution in [2.24, 2.45) is 0 Å². The fourth-order valence-corrected chi connectivity index (χ4v) is 3.23. The molecule has 4 nitrogen and oxygen atoms in total. The van der Waals surface area contributed by atoms with Crippen LogP contribution in [0.3, 0.4) is 0 Å². The van der Waals surface area contributed by atoms with Gasteiger partial charge in [0.15, 0.2) is 5.75 Å². The van der Waals surface area contributed by atoms with E-state index in [1.54, 1.807) is 0 Å². The van der Waals surface area contributed by atoms with Gasteiger partial charge in [0, 0.05) is 18.7 Å². The van der Waals surface area contributed by atoms with Gasteiger partial charge in [0.1, 0.15) is 22.7 Å². The van der Waals surface area contributed by atoms with Gasteiger partial charge in [-0.1, -0.05) is 46.4 Å². The number of carbonyl (C=O) groups is 1. The molecule has 0 bridgehead atoms. The molecule has 0 radical (unpaired) electrons. The van der Waals surface area contributed by atoms with Crippen LogP contribution in [0.2, 0.25) is 10.0 Å². The zero-order valence-electron chi connectivity index (χ0n) is 16.7. The summed E-state index contributed by atoms with van der Waals surface area (Å²) >= 11 is 23.3. The van der Waals surface area contributed by atoms with Crippen molar-refractivity contribution in [2.75, 3.05) is 19.8 Å². The first kappa shape index (κ1) is 27.4. The number of rotatable bonds is 10. The highest BCUT2D eigenvalue weighted by Gasteiger charge is 2.31. The number of ether oxygens (including phenoxy) is 2. The summed E-state index contributed by atoms with van der Waals surface area (Å²) in [5, 5.41) is 2.90. The third kappa shape index (κ3) is 8.77. The van der Waals surface area contributed by atoms with Gasteiger partial charge in [-0.3, -0.25) is 4.79 Å². The second kappa shape index (κ2) is 12.6. The van der Waals surface area contributed by atoms with Crippen LogP contribution >= 0.6 is 46.4 Å². The summed E-state index contributed by atoms with van der Waals surface area (Å²) in [5.41, 5.74) is -1.63. The third-order valence-corrected chi connectivity index (χ3v) is 4.97. The van der Waals surface area contributed by atoms with Crippen LogP contribution in [-0.2, 0) is 6.18 Å². The van der Waals surface area contributed by atoms with Gasteiger partial charge in [-0.05, 0) is 37.1 Å². The maximum atomic E-state index is 13.8. The molecule has 2 aromatic rings. The van der Waals surface area contributed by atoms with E-state index in [4.69, 9.17) is 55.9 Å². The Kier molecular flexibility index (Phi) is 10.4. The second-order valence-electron chi connectivity index (χ2n) is 6.52. The number of amides is 1. The van der Waals surface area contributed by atoms with Crippen LogP contribution in [0.25, 0.3) is 0 Å². The van der Waals surface area contributed by atoms with Crippen LogP contribution in [0.15, 0.2) is 40.9 Å². The highest BCUT2D eigenvalue weighted by molar-refractivity contribution is 6.55. The number of hydrogen-bond acceptors (Lipinski definition) is 3. The Hall–Kier alpha value is -1.87. The lowest BCUT2D eigenvalue weighted by atomic mass is 10.1. The number of nitrogens with one attached hydrogen (secondary N) is 1. The van der Waals surface area contributed by atoms with Gasteiger partial charge in [-0.15, -0.1) is 0 Å².